The molecule has 2 heterocycles. The molecule has 5 heteroatoms. The fourth-order valence-electron chi connectivity index (χ4n) is 3.61. The van der Waals surface area contributed by atoms with E-state index in [4.69, 9.17) is 16.6 Å². The van der Waals surface area contributed by atoms with Crippen molar-refractivity contribution in [2.24, 2.45) is 4.99 Å². The van der Waals surface area contributed by atoms with Gasteiger partial charge in [0.2, 0.25) is 0 Å². The van der Waals surface area contributed by atoms with Crippen molar-refractivity contribution in [3.05, 3.63) is 69.6 Å². The van der Waals surface area contributed by atoms with Gasteiger partial charge in [-0.05, 0) is 42.2 Å². The molecule has 0 N–H and O–H groups in total. The first-order valence-corrected chi connectivity index (χ1v) is 10.4. The average Bonchev–Trinajstić information content (AvgIpc) is 3.12. The van der Waals surface area contributed by atoms with Crippen LogP contribution in [0.25, 0.3) is 11.3 Å². The number of pyridine rings is 1. The molecule has 0 unspecified atom stereocenters. The smallest absolute Gasteiger partial charge is 0.185 e. The van der Waals surface area contributed by atoms with E-state index in [1.807, 2.05) is 24.4 Å². The Hall–Kier alpha value is -1.91. The number of hydrogen-bond donors (Lipinski definition) is 0. The summed E-state index contributed by atoms with van der Waals surface area (Å²) in [5.41, 5.74) is 3.60. The molecule has 26 heavy (non-hydrogen) atoms. The van der Waals surface area contributed by atoms with Crippen LogP contribution >= 0.6 is 22.9 Å². The van der Waals surface area contributed by atoms with Crippen LogP contribution in [0.3, 0.4) is 0 Å². The van der Waals surface area contributed by atoms with Crippen molar-refractivity contribution in [3.8, 4) is 11.3 Å². The van der Waals surface area contributed by atoms with Crippen LogP contribution < -0.4 is 4.80 Å². The summed E-state index contributed by atoms with van der Waals surface area (Å²) in [5, 5.41) is 3.01. The Kier molecular flexibility index (Phi) is 5.51. The summed E-state index contributed by atoms with van der Waals surface area (Å²) >= 11 is 7.81. The topological polar surface area (TPSA) is 30.2 Å². The van der Waals surface area contributed by atoms with E-state index >= 15 is 0 Å². The summed E-state index contributed by atoms with van der Waals surface area (Å²) in [5.74, 6) is 0. The molecule has 1 aliphatic carbocycles. The molecule has 0 bridgehead atoms. The summed E-state index contributed by atoms with van der Waals surface area (Å²) in [4.78, 5) is 10.2. The van der Waals surface area contributed by atoms with E-state index in [-0.39, 0.29) is 0 Å². The molecule has 0 amide bonds. The van der Waals surface area contributed by atoms with Gasteiger partial charge in [-0.25, -0.2) is 0 Å². The van der Waals surface area contributed by atoms with Crippen LogP contribution in [0.5, 0.6) is 0 Å². The number of aromatic nitrogens is 2. The van der Waals surface area contributed by atoms with Crippen molar-refractivity contribution in [2.45, 2.75) is 44.7 Å². The Morgan fingerprint density at radius 3 is 2.65 bits per heavy atom. The van der Waals surface area contributed by atoms with Gasteiger partial charge in [0.1, 0.15) is 0 Å². The Bertz CT molecular complexity index is 906. The normalized spacial score (nSPS) is 16.1. The lowest BCUT2D eigenvalue weighted by Gasteiger charge is -2.25. The highest BCUT2D eigenvalue weighted by molar-refractivity contribution is 7.07. The number of benzene rings is 1. The average molecular weight is 384 g/mol. The van der Waals surface area contributed by atoms with Crippen molar-refractivity contribution >= 4 is 22.9 Å². The van der Waals surface area contributed by atoms with Crippen LogP contribution in [0.4, 0.5) is 0 Å². The van der Waals surface area contributed by atoms with Gasteiger partial charge in [-0.15, -0.1) is 11.3 Å². The molecule has 134 valence electrons. The molecule has 3 aromatic rings. The van der Waals surface area contributed by atoms with E-state index in [1.165, 1.54) is 43.4 Å². The fraction of sp³-hybridized carbons (Fsp3) is 0.333. The molecule has 0 atom stereocenters. The van der Waals surface area contributed by atoms with Gasteiger partial charge in [-0.1, -0.05) is 49.1 Å². The Morgan fingerprint density at radius 2 is 1.92 bits per heavy atom. The SMILES string of the molecule is Clc1ccc(-c2csc(=NCc3cccnc3)n2C2CCCCC2)cc1. The standard InChI is InChI=1S/C21H22ClN3S/c22-18-10-8-17(9-11-18)20-15-26-21(24-14-16-5-4-12-23-13-16)25(20)19-6-2-1-3-7-19/h4-5,8-13,15,19H,1-3,6-7,14H2. The minimum absolute atomic E-state index is 0.535. The van der Waals surface area contributed by atoms with Crippen LogP contribution in [0.15, 0.2) is 59.2 Å². The summed E-state index contributed by atoms with van der Waals surface area (Å²) in [6, 6.07) is 12.7. The highest BCUT2D eigenvalue weighted by Crippen LogP contribution is 2.32. The van der Waals surface area contributed by atoms with Gasteiger partial charge in [0, 0.05) is 28.8 Å². The maximum absolute atomic E-state index is 6.08. The summed E-state index contributed by atoms with van der Waals surface area (Å²) in [7, 11) is 0. The maximum Gasteiger partial charge on any atom is 0.185 e. The highest BCUT2D eigenvalue weighted by Gasteiger charge is 2.20. The zero-order chi connectivity index (χ0) is 17.8. The van der Waals surface area contributed by atoms with E-state index in [1.54, 1.807) is 17.5 Å². The van der Waals surface area contributed by atoms with Gasteiger partial charge in [-0.3, -0.25) is 9.98 Å². The van der Waals surface area contributed by atoms with Crippen LogP contribution in [0, 0.1) is 0 Å². The minimum Gasteiger partial charge on any atom is -0.314 e. The number of halogens is 1. The van der Waals surface area contributed by atoms with Crippen molar-refractivity contribution in [1.29, 1.82) is 0 Å². The third-order valence-corrected chi connectivity index (χ3v) is 6.07. The third kappa shape index (κ3) is 3.92. The van der Waals surface area contributed by atoms with Gasteiger partial charge in [-0.2, -0.15) is 0 Å². The number of rotatable bonds is 4. The van der Waals surface area contributed by atoms with Gasteiger partial charge >= 0.3 is 0 Å². The Balaban J connectivity index is 1.74. The maximum atomic E-state index is 6.08. The first-order chi connectivity index (χ1) is 12.8. The molecule has 4 rings (SSSR count). The molecular formula is C21H22ClN3S. The van der Waals surface area contributed by atoms with Gasteiger partial charge < -0.3 is 4.57 Å². The van der Waals surface area contributed by atoms with Gasteiger partial charge in [0.25, 0.3) is 0 Å². The minimum atomic E-state index is 0.535. The number of thiazole rings is 1. The second-order valence-corrected chi connectivity index (χ2v) is 8.02. The summed E-state index contributed by atoms with van der Waals surface area (Å²) < 4.78 is 2.46. The van der Waals surface area contributed by atoms with Gasteiger partial charge in [0.05, 0.1) is 12.2 Å². The molecule has 0 spiro atoms. The lowest BCUT2D eigenvalue weighted by Crippen LogP contribution is -2.24. The highest BCUT2D eigenvalue weighted by atomic mass is 35.5. The molecular weight excluding hydrogens is 362 g/mol. The first kappa shape index (κ1) is 17.5. The Labute approximate surface area is 163 Å². The summed E-state index contributed by atoms with van der Waals surface area (Å²) in [6.07, 6.45) is 10.1. The second-order valence-electron chi connectivity index (χ2n) is 6.75. The quantitative estimate of drug-likeness (QED) is 0.554. The van der Waals surface area contributed by atoms with Crippen molar-refractivity contribution < 1.29 is 0 Å². The lowest BCUT2D eigenvalue weighted by molar-refractivity contribution is 0.350. The van der Waals surface area contributed by atoms with Crippen LogP contribution in [-0.2, 0) is 6.54 Å². The molecule has 2 aromatic heterocycles. The molecule has 0 aliphatic heterocycles. The van der Waals surface area contributed by atoms with E-state index in [0.717, 1.165) is 15.4 Å². The Morgan fingerprint density at radius 1 is 1.12 bits per heavy atom. The van der Waals surface area contributed by atoms with E-state index < -0.39 is 0 Å². The zero-order valence-electron chi connectivity index (χ0n) is 14.6. The second kappa shape index (κ2) is 8.19. The zero-order valence-corrected chi connectivity index (χ0v) is 16.2. The molecule has 1 aromatic carbocycles. The molecule has 3 nitrogen and oxygen atoms in total. The molecule has 0 radical (unpaired) electrons. The lowest BCUT2D eigenvalue weighted by atomic mass is 9.95. The van der Waals surface area contributed by atoms with E-state index in [9.17, 15) is 0 Å². The summed E-state index contributed by atoms with van der Waals surface area (Å²) in [6.45, 7) is 0.668. The van der Waals surface area contributed by atoms with E-state index in [2.05, 4.69) is 33.1 Å². The van der Waals surface area contributed by atoms with E-state index in [0.29, 0.717) is 12.6 Å². The predicted molar refractivity (Wildman–Crippen MR) is 108 cm³/mol. The first-order valence-electron chi connectivity index (χ1n) is 9.16. The van der Waals surface area contributed by atoms with Crippen LogP contribution in [-0.4, -0.2) is 9.55 Å². The van der Waals surface area contributed by atoms with Crippen LogP contribution in [0.1, 0.15) is 43.7 Å². The molecule has 1 aliphatic rings. The fourth-order valence-corrected chi connectivity index (χ4v) is 4.70. The molecule has 1 saturated carbocycles. The monoisotopic (exact) mass is 383 g/mol. The van der Waals surface area contributed by atoms with Crippen molar-refractivity contribution in [2.75, 3.05) is 0 Å². The molecule has 1 fully saturated rings. The number of nitrogens with zero attached hydrogens (tertiary/aromatic N) is 3. The largest absolute Gasteiger partial charge is 0.314 e. The van der Waals surface area contributed by atoms with Crippen molar-refractivity contribution in [1.82, 2.24) is 9.55 Å². The molecule has 0 saturated heterocycles. The van der Waals surface area contributed by atoms with Gasteiger partial charge in [0.15, 0.2) is 4.80 Å². The predicted octanol–water partition coefficient (Wildman–Crippen LogP) is 5.87. The number of hydrogen-bond acceptors (Lipinski definition) is 3. The third-order valence-electron chi connectivity index (χ3n) is 4.94. The van der Waals surface area contributed by atoms with Crippen molar-refractivity contribution in [3.63, 3.8) is 0 Å². The van der Waals surface area contributed by atoms with Crippen LogP contribution in [0.2, 0.25) is 5.02 Å².